The second-order valence-electron chi connectivity index (χ2n) is 9.17. The van der Waals surface area contributed by atoms with E-state index in [1.54, 1.807) is 7.11 Å². The molecule has 164 valence electrons. The fourth-order valence-electron chi connectivity index (χ4n) is 6.29. The highest BCUT2D eigenvalue weighted by Gasteiger charge is 2.49. The number of hydrogen-bond donors (Lipinski definition) is 0. The lowest BCUT2D eigenvalue weighted by Gasteiger charge is -2.57. The predicted molar refractivity (Wildman–Crippen MR) is 109 cm³/mol. The van der Waals surface area contributed by atoms with E-state index in [4.69, 9.17) is 9.47 Å². The van der Waals surface area contributed by atoms with Crippen LogP contribution in [-0.4, -0.2) is 98.3 Å². The van der Waals surface area contributed by atoms with Gasteiger partial charge in [-0.15, -0.1) is 0 Å². The van der Waals surface area contributed by atoms with Crippen molar-refractivity contribution in [3.63, 3.8) is 0 Å². The van der Waals surface area contributed by atoms with Gasteiger partial charge in [0, 0.05) is 45.2 Å². The third-order valence-corrected chi connectivity index (χ3v) is 7.51. The first-order chi connectivity index (χ1) is 14.2. The fourth-order valence-corrected chi connectivity index (χ4v) is 6.29. The van der Waals surface area contributed by atoms with Crippen molar-refractivity contribution in [2.75, 3.05) is 59.7 Å². The Kier molecular flexibility index (Phi) is 7.08. The van der Waals surface area contributed by atoms with E-state index in [0.717, 1.165) is 19.4 Å². The Labute approximate surface area is 174 Å². The number of likely N-dealkylation sites (tertiary alicyclic amines) is 1. The number of ether oxygens (including phenoxy) is 2. The van der Waals surface area contributed by atoms with Gasteiger partial charge in [0.2, 0.25) is 11.8 Å². The van der Waals surface area contributed by atoms with E-state index in [-0.39, 0.29) is 24.5 Å². The number of hydrogen-bond acceptors (Lipinski definition) is 5. The number of amides is 2. The fraction of sp³-hybridized carbons (Fsp3) is 0.909. The number of morpholine rings is 1. The molecule has 4 saturated heterocycles. The van der Waals surface area contributed by atoms with E-state index < -0.39 is 0 Å². The number of piperidine rings is 3. The summed E-state index contributed by atoms with van der Waals surface area (Å²) in [4.78, 5) is 32.2. The highest BCUT2D eigenvalue weighted by molar-refractivity contribution is 5.78. The van der Waals surface area contributed by atoms with Gasteiger partial charge in [0.25, 0.3) is 0 Å². The zero-order chi connectivity index (χ0) is 20.2. The standard InChI is InChI=1S/C22H37N3O4/c1-28-16-21(27)25-15-17-5-3-9-24-10-4-6-18(22(17)24)19(25)7-2-8-20(26)23-11-13-29-14-12-23/h17-19,22H,2-16H2,1H3/t17-,18+,19+,22-/m0/s1. The molecule has 0 saturated carbocycles. The topological polar surface area (TPSA) is 62.3 Å². The second-order valence-corrected chi connectivity index (χ2v) is 9.17. The van der Waals surface area contributed by atoms with Gasteiger partial charge in [-0.25, -0.2) is 0 Å². The highest BCUT2D eigenvalue weighted by Crippen LogP contribution is 2.43. The van der Waals surface area contributed by atoms with Crippen LogP contribution in [0, 0.1) is 11.8 Å². The molecule has 2 amide bonds. The van der Waals surface area contributed by atoms with Crippen molar-refractivity contribution in [3.05, 3.63) is 0 Å². The Morgan fingerprint density at radius 1 is 1.03 bits per heavy atom. The van der Waals surface area contributed by atoms with Crippen LogP contribution >= 0.6 is 0 Å². The number of carbonyl (C=O) groups excluding carboxylic acids is 2. The van der Waals surface area contributed by atoms with E-state index in [9.17, 15) is 9.59 Å². The van der Waals surface area contributed by atoms with Crippen LogP contribution in [0.2, 0.25) is 0 Å². The van der Waals surface area contributed by atoms with Gasteiger partial charge in [-0.2, -0.15) is 0 Å². The molecule has 4 aliphatic heterocycles. The largest absolute Gasteiger partial charge is 0.378 e. The van der Waals surface area contributed by atoms with Gasteiger partial charge in [0.1, 0.15) is 6.61 Å². The molecule has 4 aliphatic rings. The molecule has 4 rings (SSSR count). The minimum Gasteiger partial charge on any atom is -0.378 e. The molecule has 0 aromatic heterocycles. The quantitative estimate of drug-likeness (QED) is 0.665. The first kappa shape index (κ1) is 21.1. The van der Waals surface area contributed by atoms with Crippen molar-refractivity contribution >= 4 is 11.8 Å². The molecule has 0 radical (unpaired) electrons. The highest BCUT2D eigenvalue weighted by atomic mass is 16.5. The molecular weight excluding hydrogens is 370 g/mol. The van der Waals surface area contributed by atoms with Gasteiger partial charge in [-0.3, -0.25) is 14.5 Å². The van der Waals surface area contributed by atoms with Crippen LogP contribution in [0.25, 0.3) is 0 Å². The Hall–Kier alpha value is -1.18. The van der Waals surface area contributed by atoms with E-state index >= 15 is 0 Å². The maximum atomic E-state index is 12.9. The summed E-state index contributed by atoms with van der Waals surface area (Å²) < 4.78 is 10.5. The Morgan fingerprint density at radius 2 is 1.79 bits per heavy atom. The number of methoxy groups -OCH3 is 1. The summed E-state index contributed by atoms with van der Waals surface area (Å²) in [5.74, 6) is 1.50. The Bertz CT molecular complexity index is 578. The molecular formula is C22H37N3O4. The van der Waals surface area contributed by atoms with Crippen LogP contribution in [-0.2, 0) is 19.1 Å². The van der Waals surface area contributed by atoms with Crippen molar-refractivity contribution in [3.8, 4) is 0 Å². The minimum absolute atomic E-state index is 0.123. The maximum Gasteiger partial charge on any atom is 0.248 e. The monoisotopic (exact) mass is 407 g/mol. The lowest BCUT2D eigenvalue weighted by atomic mass is 9.69. The summed E-state index contributed by atoms with van der Waals surface area (Å²) in [7, 11) is 1.60. The molecule has 7 heteroatoms. The van der Waals surface area contributed by atoms with E-state index in [0.29, 0.717) is 50.6 Å². The molecule has 0 aromatic carbocycles. The van der Waals surface area contributed by atoms with E-state index in [1.165, 1.54) is 38.8 Å². The summed E-state index contributed by atoms with van der Waals surface area (Å²) in [6, 6.07) is 0.876. The molecule has 29 heavy (non-hydrogen) atoms. The minimum atomic E-state index is 0.123. The summed E-state index contributed by atoms with van der Waals surface area (Å²) in [5, 5.41) is 0. The first-order valence-corrected chi connectivity index (χ1v) is 11.6. The first-order valence-electron chi connectivity index (χ1n) is 11.6. The maximum absolute atomic E-state index is 12.9. The SMILES string of the molecule is COCC(=O)N1C[C@@H]2CCCN3CCC[C@@H]([C@H]23)[C@H]1CCCC(=O)N1CCOCC1. The van der Waals surface area contributed by atoms with Gasteiger partial charge in [0.05, 0.1) is 13.2 Å². The predicted octanol–water partition coefficient (Wildman–Crippen LogP) is 1.36. The molecule has 0 spiro atoms. The van der Waals surface area contributed by atoms with Gasteiger partial charge in [-0.05, 0) is 63.5 Å². The zero-order valence-corrected chi connectivity index (χ0v) is 17.9. The number of rotatable bonds is 6. The summed E-state index contributed by atoms with van der Waals surface area (Å²) in [6.07, 6.45) is 7.27. The zero-order valence-electron chi connectivity index (χ0n) is 17.9. The molecule has 0 aromatic rings. The van der Waals surface area contributed by atoms with Crippen molar-refractivity contribution in [2.24, 2.45) is 11.8 Å². The van der Waals surface area contributed by atoms with Crippen LogP contribution < -0.4 is 0 Å². The van der Waals surface area contributed by atoms with Crippen LogP contribution in [0.3, 0.4) is 0 Å². The average molecular weight is 408 g/mol. The van der Waals surface area contributed by atoms with Crippen molar-refractivity contribution < 1.29 is 19.1 Å². The van der Waals surface area contributed by atoms with Crippen molar-refractivity contribution in [1.29, 1.82) is 0 Å². The Morgan fingerprint density at radius 3 is 2.55 bits per heavy atom. The molecule has 0 unspecified atom stereocenters. The normalized spacial score (nSPS) is 32.7. The van der Waals surface area contributed by atoms with Crippen molar-refractivity contribution in [2.45, 2.75) is 57.0 Å². The summed E-state index contributed by atoms with van der Waals surface area (Å²) in [5.41, 5.74) is 0. The number of nitrogens with zero attached hydrogens (tertiary/aromatic N) is 3. The molecule has 0 aliphatic carbocycles. The van der Waals surface area contributed by atoms with Gasteiger partial charge in [0.15, 0.2) is 0 Å². The third-order valence-electron chi connectivity index (χ3n) is 7.51. The van der Waals surface area contributed by atoms with Crippen LogP contribution in [0.4, 0.5) is 0 Å². The second kappa shape index (κ2) is 9.75. The van der Waals surface area contributed by atoms with Gasteiger partial charge < -0.3 is 19.3 Å². The van der Waals surface area contributed by atoms with Gasteiger partial charge in [-0.1, -0.05) is 0 Å². The number of carbonyl (C=O) groups is 2. The van der Waals surface area contributed by atoms with E-state index in [1.807, 2.05) is 4.90 Å². The molecule has 0 N–H and O–H groups in total. The molecule has 4 atom stereocenters. The molecule has 0 bridgehead atoms. The lowest BCUT2D eigenvalue weighted by Crippen LogP contribution is -2.65. The Balaban J connectivity index is 1.42. The van der Waals surface area contributed by atoms with E-state index in [2.05, 4.69) is 9.80 Å². The summed E-state index contributed by atoms with van der Waals surface area (Å²) >= 11 is 0. The summed E-state index contributed by atoms with van der Waals surface area (Å²) in [6.45, 7) is 6.17. The lowest BCUT2D eigenvalue weighted by molar-refractivity contribution is -0.150. The van der Waals surface area contributed by atoms with Crippen molar-refractivity contribution in [1.82, 2.24) is 14.7 Å². The molecule has 7 nitrogen and oxygen atoms in total. The average Bonchev–Trinajstić information content (AvgIpc) is 2.76. The van der Waals surface area contributed by atoms with Crippen LogP contribution in [0.1, 0.15) is 44.9 Å². The van der Waals surface area contributed by atoms with Crippen LogP contribution in [0.5, 0.6) is 0 Å². The van der Waals surface area contributed by atoms with Gasteiger partial charge >= 0.3 is 0 Å². The molecule has 4 fully saturated rings. The molecule has 4 heterocycles. The third kappa shape index (κ3) is 4.62. The van der Waals surface area contributed by atoms with Crippen LogP contribution in [0.15, 0.2) is 0 Å². The smallest absolute Gasteiger partial charge is 0.248 e.